The molecule has 4 rings (SSSR count). The van der Waals surface area contributed by atoms with Crippen LogP contribution in [-0.4, -0.2) is 35.6 Å². The van der Waals surface area contributed by atoms with Gasteiger partial charge >= 0.3 is 0 Å². The van der Waals surface area contributed by atoms with Crippen molar-refractivity contribution >= 4 is 0 Å². The van der Waals surface area contributed by atoms with Crippen LogP contribution in [0.15, 0.2) is 45.8 Å². The van der Waals surface area contributed by atoms with Gasteiger partial charge in [0.1, 0.15) is 11.5 Å². The molecule has 27 heavy (non-hydrogen) atoms. The lowest BCUT2D eigenvalue weighted by molar-refractivity contribution is 0.233. The topological polar surface area (TPSA) is 80.6 Å². The molecule has 1 aliphatic rings. The summed E-state index contributed by atoms with van der Waals surface area (Å²) in [6.07, 6.45) is 2.21. The molecule has 0 fully saturated rings. The van der Waals surface area contributed by atoms with Crippen LogP contribution in [0.5, 0.6) is 11.5 Å². The first kappa shape index (κ1) is 17.4. The Morgan fingerprint density at radius 1 is 1.19 bits per heavy atom. The first-order valence-corrected chi connectivity index (χ1v) is 8.77. The van der Waals surface area contributed by atoms with Gasteiger partial charge in [-0.25, -0.2) is 4.98 Å². The first-order chi connectivity index (χ1) is 13.2. The fourth-order valence-corrected chi connectivity index (χ4v) is 3.47. The number of ether oxygens (including phenoxy) is 2. The van der Waals surface area contributed by atoms with E-state index in [1.807, 2.05) is 18.2 Å². The first-order valence-electron chi connectivity index (χ1n) is 8.77. The van der Waals surface area contributed by atoms with Crippen molar-refractivity contribution in [3.05, 3.63) is 63.8 Å². The SMILES string of the molecule is COc1cccc(OC)c1CN1CCc2c(nc(-c3ccco3)[nH]c2=O)C1. The fraction of sp³-hybridized carbons (Fsp3) is 0.300. The highest BCUT2D eigenvalue weighted by Gasteiger charge is 2.23. The van der Waals surface area contributed by atoms with Gasteiger partial charge in [-0.15, -0.1) is 0 Å². The van der Waals surface area contributed by atoms with E-state index >= 15 is 0 Å². The van der Waals surface area contributed by atoms with Crippen LogP contribution in [0.4, 0.5) is 0 Å². The van der Waals surface area contributed by atoms with Gasteiger partial charge in [0.05, 0.1) is 31.7 Å². The summed E-state index contributed by atoms with van der Waals surface area (Å²) in [5.74, 6) is 2.59. The lowest BCUT2D eigenvalue weighted by Crippen LogP contribution is -2.35. The molecule has 0 amide bonds. The molecular weight excluding hydrogens is 346 g/mol. The Morgan fingerprint density at radius 2 is 1.96 bits per heavy atom. The Hall–Kier alpha value is -3.06. The second-order valence-electron chi connectivity index (χ2n) is 6.42. The number of methoxy groups -OCH3 is 2. The number of furan rings is 1. The van der Waals surface area contributed by atoms with Gasteiger partial charge in [0, 0.05) is 25.2 Å². The van der Waals surface area contributed by atoms with Crippen LogP contribution in [0, 0.1) is 0 Å². The molecular formula is C20H21N3O4. The molecule has 0 saturated carbocycles. The number of hydrogen-bond acceptors (Lipinski definition) is 6. The summed E-state index contributed by atoms with van der Waals surface area (Å²) in [6.45, 7) is 1.99. The second-order valence-corrected chi connectivity index (χ2v) is 6.42. The predicted octanol–water partition coefficient (Wildman–Crippen LogP) is 2.61. The Bertz CT molecular complexity index is 973. The van der Waals surface area contributed by atoms with Crippen LogP contribution in [0.3, 0.4) is 0 Å². The molecule has 7 heteroatoms. The number of nitrogens with one attached hydrogen (secondary N) is 1. The molecule has 3 aromatic rings. The van der Waals surface area contributed by atoms with Gasteiger partial charge in [-0.3, -0.25) is 9.69 Å². The summed E-state index contributed by atoms with van der Waals surface area (Å²) in [5.41, 5.74) is 2.42. The third-order valence-corrected chi connectivity index (χ3v) is 4.82. The molecule has 7 nitrogen and oxygen atoms in total. The van der Waals surface area contributed by atoms with E-state index in [0.29, 0.717) is 31.1 Å². The van der Waals surface area contributed by atoms with E-state index in [1.165, 1.54) is 0 Å². The van der Waals surface area contributed by atoms with E-state index in [0.717, 1.165) is 34.9 Å². The summed E-state index contributed by atoms with van der Waals surface area (Å²) < 4.78 is 16.4. The van der Waals surface area contributed by atoms with Crippen LogP contribution in [0.25, 0.3) is 11.6 Å². The van der Waals surface area contributed by atoms with E-state index in [-0.39, 0.29) is 5.56 Å². The molecule has 2 aromatic heterocycles. The van der Waals surface area contributed by atoms with Gasteiger partial charge in [-0.05, 0) is 30.7 Å². The molecule has 0 radical (unpaired) electrons. The fourth-order valence-electron chi connectivity index (χ4n) is 3.47. The maximum Gasteiger partial charge on any atom is 0.254 e. The summed E-state index contributed by atoms with van der Waals surface area (Å²) in [7, 11) is 3.31. The van der Waals surface area contributed by atoms with Crippen LogP contribution in [0.1, 0.15) is 16.8 Å². The highest BCUT2D eigenvalue weighted by molar-refractivity contribution is 5.47. The van der Waals surface area contributed by atoms with Gasteiger partial charge < -0.3 is 18.9 Å². The molecule has 0 bridgehead atoms. The lowest BCUT2D eigenvalue weighted by Gasteiger charge is -2.28. The van der Waals surface area contributed by atoms with Gasteiger partial charge in [-0.2, -0.15) is 0 Å². The summed E-state index contributed by atoms with van der Waals surface area (Å²) in [5, 5.41) is 0. The van der Waals surface area contributed by atoms with Crippen LogP contribution in [-0.2, 0) is 19.5 Å². The van der Waals surface area contributed by atoms with Crippen molar-refractivity contribution in [3.63, 3.8) is 0 Å². The van der Waals surface area contributed by atoms with E-state index < -0.39 is 0 Å². The second kappa shape index (κ2) is 7.28. The van der Waals surface area contributed by atoms with Crippen molar-refractivity contribution in [2.75, 3.05) is 20.8 Å². The monoisotopic (exact) mass is 367 g/mol. The van der Waals surface area contributed by atoms with Crippen LogP contribution in [0.2, 0.25) is 0 Å². The molecule has 0 aliphatic carbocycles. The lowest BCUT2D eigenvalue weighted by atomic mass is 10.0. The molecule has 1 N–H and O–H groups in total. The number of rotatable bonds is 5. The van der Waals surface area contributed by atoms with Crippen LogP contribution >= 0.6 is 0 Å². The van der Waals surface area contributed by atoms with Crippen molar-refractivity contribution in [1.29, 1.82) is 0 Å². The number of aromatic amines is 1. The summed E-state index contributed by atoms with van der Waals surface area (Å²) in [4.78, 5) is 22.1. The molecule has 3 heterocycles. The standard InChI is InChI=1S/C20H21N3O4/c1-25-16-5-3-6-17(26-2)14(16)11-23-9-8-13-15(12-23)21-19(22-20(13)24)18-7-4-10-27-18/h3-7,10H,8-9,11-12H2,1-2H3,(H,21,22,24). The minimum absolute atomic E-state index is 0.0964. The number of aromatic nitrogens is 2. The smallest absolute Gasteiger partial charge is 0.254 e. The number of nitrogens with zero attached hydrogens (tertiary/aromatic N) is 2. The molecule has 0 atom stereocenters. The molecule has 1 aliphatic heterocycles. The number of hydrogen-bond donors (Lipinski definition) is 1. The molecule has 140 valence electrons. The number of H-pyrrole nitrogens is 1. The van der Waals surface area contributed by atoms with Crippen molar-refractivity contribution in [1.82, 2.24) is 14.9 Å². The van der Waals surface area contributed by atoms with E-state index in [2.05, 4.69) is 14.9 Å². The maximum absolute atomic E-state index is 12.4. The Morgan fingerprint density at radius 3 is 2.63 bits per heavy atom. The number of benzene rings is 1. The normalized spacial score (nSPS) is 14.0. The van der Waals surface area contributed by atoms with Gasteiger partial charge in [0.15, 0.2) is 11.6 Å². The molecule has 0 saturated heterocycles. The Balaban J connectivity index is 1.63. The van der Waals surface area contributed by atoms with E-state index in [1.54, 1.807) is 32.6 Å². The molecule has 0 unspecified atom stereocenters. The van der Waals surface area contributed by atoms with Gasteiger partial charge in [0.25, 0.3) is 5.56 Å². The van der Waals surface area contributed by atoms with Crippen molar-refractivity contribution in [3.8, 4) is 23.1 Å². The van der Waals surface area contributed by atoms with E-state index in [9.17, 15) is 4.79 Å². The van der Waals surface area contributed by atoms with E-state index in [4.69, 9.17) is 13.9 Å². The van der Waals surface area contributed by atoms with Gasteiger partial charge in [0.2, 0.25) is 0 Å². The van der Waals surface area contributed by atoms with Crippen molar-refractivity contribution in [2.45, 2.75) is 19.5 Å². The minimum atomic E-state index is -0.0964. The summed E-state index contributed by atoms with van der Waals surface area (Å²) in [6, 6.07) is 9.31. The third kappa shape index (κ3) is 3.33. The highest BCUT2D eigenvalue weighted by atomic mass is 16.5. The quantitative estimate of drug-likeness (QED) is 0.747. The average Bonchev–Trinajstić information content (AvgIpc) is 3.22. The molecule has 0 spiro atoms. The van der Waals surface area contributed by atoms with Gasteiger partial charge in [-0.1, -0.05) is 6.07 Å². The third-order valence-electron chi connectivity index (χ3n) is 4.82. The van der Waals surface area contributed by atoms with Crippen molar-refractivity contribution in [2.24, 2.45) is 0 Å². The largest absolute Gasteiger partial charge is 0.496 e. The summed E-state index contributed by atoms with van der Waals surface area (Å²) >= 11 is 0. The average molecular weight is 367 g/mol. The van der Waals surface area contributed by atoms with Crippen molar-refractivity contribution < 1.29 is 13.9 Å². The zero-order valence-corrected chi connectivity index (χ0v) is 15.3. The minimum Gasteiger partial charge on any atom is -0.496 e. The Labute approximate surface area is 156 Å². The van der Waals surface area contributed by atoms with Crippen LogP contribution < -0.4 is 15.0 Å². The Kier molecular flexibility index (Phi) is 4.68. The predicted molar refractivity (Wildman–Crippen MR) is 99.9 cm³/mol. The zero-order valence-electron chi connectivity index (χ0n) is 15.3. The zero-order chi connectivity index (χ0) is 18.8. The molecule has 1 aromatic carbocycles. The maximum atomic E-state index is 12.4. The highest BCUT2D eigenvalue weighted by Crippen LogP contribution is 2.31. The number of fused-ring (bicyclic) bond motifs is 1.